The highest BCUT2D eigenvalue weighted by Crippen LogP contribution is 2.36. The Morgan fingerprint density at radius 3 is 2.53 bits per heavy atom. The minimum Gasteiger partial charge on any atom is -0.496 e. The summed E-state index contributed by atoms with van der Waals surface area (Å²) in [5, 5.41) is 9.32. The van der Waals surface area contributed by atoms with Gasteiger partial charge in [0.15, 0.2) is 4.80 Å². The summed E-state index contributed by atoms with van der Waals surface area (Å²) in [4.78, 5) is 32.7. The largest absolute Gasteiger partial charge is 0.496 e. The summed E-state index contributed by atoms with van der Waals surface area (Å²) < 4.78 is 19.1. The van der Waals surface area contributed by atoms with Crippen LogP contribution in [0, 0.1) is 11.3 Å². The summed E-state index contributed by atoms with van der Waals surface area (Å²) in [6, 6.07) is 23.5. The molecule has 0 unspecified atom stereocenters. The molecule has 1 atom stereocenters. The van der Waals surface area contributed by atoms with E-state index in [1.54, 1.807) is 24.7 Å². The number of benzene rings is 3. The molecule has 0 saturated carbocycles. The number of methoxy groups -OCH3 is 1. The Morgan fingerprint density at radius 2 is 1.81 bits per heavy atom. The second-order valence-corrected chi connectivity index (χ2v) is 10.8. The fourth-order valence-corrected chi connectivity index (χ4v) is 6.06. The quantitative estimate of drug-likeness (QED) is 0.239. The van der Waals surface area contributed by atoms with E-state index >= 15 is 0 Å². The molecular formula is C34H31N3O5S. The van der Waals surface area contributed by atoms with Gasteiger partial charge in [-0.25, -0.2) is 9.79 Å². The van der Waals surface area contributed by atoms with Gasteiger partial charge in [-0.15, -0.1) is 0 Å². The van der Waals surface area contributed by atoms with E-state index < -0.39 is 12.0 Å². The van der Waals surface area contributed by atoms with Gasteiger partial charge in [0.05, 0.1) is 41.2 Å². The lowest BCUT2D eigenvalue weighted by Gasteiger charge is -2.26. The van der Waals surface area contributed by atoms with Crippen molar-refractivity contribution in [2.24, 2.45) is 4.99 Å². The number of rotatable bonds is 10. The minimum atomic E-state index is -0.748. The Hall–Kier alpha value is -4.94. The number of carbonyl (C=O) groups is 1. The summed E-state index contributed by atoms with van der Waals surface area (Å²) >= 11 is 1.28. The zero-order valence-electron chi connectivity index (χ0n) is 24.2. The Morgan fingerprint density at radius 1 is 1.07 bits per heavy atom. The van der Waals surface area contributed by atoms with Crippen LogP contribution < -0.4 is 24.4 Å². The molecule has 2 heterocycles. The molecule has 4 aromatic rings. The monoisotopic (exact) mass is 593 g/mol. The number of fused-ring (bicyclic) bond motifs is 1. The number of para-hydroxylation sites is 1. The van der Waals surface area contributed by atoms with Gasteiger partial charge in [0, 0.05) is 11.1 Å². The number of ether oxygens (including phenoxy) is 3. The average Bonchev–Trinajstić information content (AvgIpc) is 3.34. The van der Waals surface area contributed by atoms with E-state index in [0.29, 0.717) is 49.7 Å². The third kappa shape index (κ3) is 6.15. The lowest BCUT2D eigenvalue weighted by Crippen LogP contribution is -2.40. The fraction of sp³-hybridized carbons (Fsp3) is 0.235. The van der Waals surface area contributed by atoms with E-state index in [1.165, 1.54) is 11.3 Å². The Labute approximate surface area is 253 Å². The molecule has 0 spiro atoms. The smallest absolute Gasteiger partial charge is 0.338 e. The zero-order chi connectivity index (χ0) is 30.3. The molecule has 5 rings (SSSR count). The highest BCUT2D eigenvalue weighted by atomic mass is 32.1. The number of hydrogen-bond acceptors (Lipinski definition) is 8. The highest BCUT2D eigenvalue weighted by molar-refractivity contribution is 7.07. The highest BCUT2D eigenvalue weighted by Gasteiger charge is 2.35. The maximum atomic E-state index is 14.0. The van der Waals surface area contributed by atoms with Crippen molar-refractivity contribution in [1.82, 2.24) is 4.57 Å². The van der Waals surface area contributed by atoms with Crippen LogP contribution in [0.15, 0.2) is 93.9 Å². The van der Waals surface area contributed by atoms with Crippen LogP contribution in [0.25, 0.3) is 6.08 Å². The first-order valence-corrected chi connectivity index (χ1v) is 14.9. The molecule has 0 radical (unpaired) electrons. The Kier molecular flexibility index (Phi) is 9.18. The van der Waals surface area contributed by atoms with Crippen LogP contribution in [-0.4, -0.2) is 24.3 Å². The normalized spacial score (nSPS) is 14.5. The van der Waals surface area contributed by atoms with Crippen LogP contribution in [0.3, 0.4) is 0 Å². The lowest BCUT2D eigenvalue weighted by atomic mass is 9.93. The number of allylic oxidation sites excluding steroid dienone is 1. The maximum Gasteiger partial charge on any atom is 0.338 e. The molecule has 43 heavy (non-hydrogen) atoms. The molecule has 1 aliphatic heterocycles. The van der Waals surface area contributed by atoms with Crippen molar-refractivity contribution in [3.8, 4) is 17.6 Å². The second kappa shape index (κ2) is 13.4. The molecule has 0 aliphatic carbocycles. The first-order valence-electron chi connectivity index (χ1n) is 14.0. The summed E-state index contributed by atoms with van der Waals surface area (Å²) in [6.07, 6.45) is 3.14. The molecule has 1 aromatic heterocycles. The summed E-state index contributed by atoms with van der Waals surface area (Å²) in [6.45, 7) is 4.25. The topological polar surface area (TPSA) is 103 Å². The van der Waals surface area contributed by atoms with Crippen molar-refractivity contribution < 1.29 is 19.0 Å². The van der Waals surface area contributed by atoms with Gasteiger partial charge >= 0.3 is 5.97 Å². The van der Waals surface area contributed by atoms with Crippen LogP contribution in [0.4, 0.5) is 0 Å². The molecule has 1 aliphatic rings. The van der Waals surface area contributed by atoms with E-state index in [2.05, 4.69) is 6.07 Å². The van der Waals surface area contributed by atoms with Gasteiger partial charge in [-0.1, -0.05) is 73.2 Å². The number of esters is 1. The van der Waals surface area contributed by atoms with E-state index in [0.717, 1.165) is 17.5 Å². The van der Waals surface area contributed by atoms with Gasteiger partial charge in [0.25, 0.3) is 5.56 Å². The van der Waals surface area contributed by atoms with E-state index in [-0.39, 0.29) is 18.8 Å². The molecular weight excluding hydrogens is 562 g/mol. The molecule has 9 heteroatoms. The van der Waals surface area contributed by atoms with Crippen LogP contribution in [-0.2, 0) is 16.1 Å². The molecule has 8 nitrogen and oxygen atoms in total. The number of nitrogens with zero attached hydrogens (tertiary/aromatic N) is 3. The number of hydrogen-bond donors (Lipinski definition) is 0. The van der Waals surface area contributed by atoms with Gasteiger partial charge in [-0.05, 0) is 49.2 Å². The van der Waals surface area contributed by atoms with Gasteiger partial charge < -0.3 is 14.2 Å². The van der Waals surface area contributed by atoms with E-state index in [4.69, 9.17) is 19.2 Å². The summed E-state index contributed by atoms with van der Waals surface area (Å²) in [7, 11) is 1.57. The van der Waals surface area contributed by atoms with Crippen LogP contribution in [0.5, 0.6) is 11.5 Å². The predicted octanol–water partition coefficient (Wildman–Crippen LogP) is 5.04. The van der Waals surface area contributed by atoms with Crippen LogP contribution in [0.2, 0.25) is 0 Å². The Balaban J connectivity index is 1.55. The zero-order valence-corrected chi connectivity index (χ0v) is 25.0. The summed E-state index contributed by atoms with van der Waals surface area (Å²) in [5.74, 6) is 0.716. The first kappa shape index (κ1) is 29.5. The number of nitriles is 1. The van der Waals surface area contributed by atoms with Gasteiger partial charge in [0.2, 0.25) is 0 Å². The third-order valence-electron chi connectivity index (χ3n) is 7.04. The van der Waals surface area contributed by atoms with Crippen molar-refractivity contribution in [2.45, 2.75) is 39.3 Å². The maximum absolute atomic E-state index is 14.0. The Bertz CT molecular complexity index is 1900. The summed E-state index contributed by atoms with van der Waals surface area (Å²) in [5.41, 5.74) is 3.59. The van der Waals surface area contributed by atoms with Crippen molar-refractivity contribution in [3.63, 3.8) is 0 Å². The average molecular weight is 594 g/mol. The van der Waals surface area contributed by atoms with Gasteiger partial charge in [-0.2, -0.15) is 5.26 Å². The lowest BCUT2D eigenvalue weighted by molar-refractivity contribution is -0.139. The number of aromatic nitrogens is 1. The molecule has 0 amide bonds. The molecule has 0 N–H and O–H groups in total. The number of carbonyl (C=O) groups excluding carboxylic acids is 1. The molecule has 0 fully saturated rings. The van der Waals surface area contributed by atoms with Gasteiger partial charge in [-0.3, -0.25) is 9.36 Å². The predicted molar refractivity (Wildman–Crippen MR) is 165 cm³/mol. The second-order valence-electron chi connectivity index (χ2n) is 9.78. The van der Waals surface area contributed by atoms with Crippen molar-refractivity contribution in [2.75, 3.05) is 13.7 Å². The molecule has 0 saturated heterocycles. The van der Waals surface area contributed by atoms with E-state index in [1.807, 2.05) is 79.7 Å². The van der Waals surface area contributed by atoms with Gasteiger partial charge in [0.1, 0.15) is 24.1 Å². The molecule has 0 bridgehead atoms. The third-order valence-corrected chi connectivity index (χ3v) is 8.02. The minimum absolute atomic E-state index is 0.204. The van der Waals surface area contributed by atoms with Crippen molar-refractivity contribution in [3.05, 3.63) is 126 Å². The SMILES string of the molecule is CCCC1=C(C(=O)OCC)[C@@H](c2ccccc2OC)n2c(s/c(=C/c3ccc(OCc4ccccc4C#N)cc3)c2=O)=N1. The first-order chi connectivity index (χ1) is 21.0. The van der Waals surface area contributed by atoms with E-state index in [9.17, 15) is 14.9 Å². The van der Waals surface area contributed by atoms with Crippen molar-refractivity contribution in [1.29, 1.82) is 5.26 Å². The molecule has 218 valence electrons. The number of thiazole rings is 1. The fourth-order valence-electron chi connectivity index (χ4n) is 5.04. The van der Waals surface area contributed by atoms with Crippen LogP contribution in [0.1, 0.15) is 55.0 Å². The standard InChI is InChI=1S/C34H31N3O5S/c1-4-10-27-30(33(39)41-5-2)31(26-13-8-9-14-28(26)40-3)37-32(38)29(43-34(37)36-27)19-22-15-17-25(18-16-22)42-21-24-12-7-6-11-23(24)20-35/h6-9,11-19,31H,4-5,10,21H2,1-3H3/b29-19+/t31-/m1/s1. The van der Waals surface area contributed by atoms with Crippen molar-refractivity contribution >= 4 is 23.4 Å². The van der Waals surface area contributed by atoms with Crippen LogP contribution >= 0.6 is 11.3 Å². The molecule has 3 aromatic carbocycles.